The smallest absolute Gasteiger partial charge is 0.274 e. The third kappa shape index (κ3) is 3.51. The number of carbonyl (C=O) groups excluding carboxylic acids is 1. The van der Waals surface area contributed by atoms with Crippen molar-refractivity contribution >= 4 is 34.8 Å². The van der Waals surface area contributed by atoms with Gasteiger partial charge in [-0.25, -0.2) is 4.98 Å². The van der Waals surface area contributed by atoms with Crippen LogP contribution in [-0.2, 0) is 0 Å². The Labute approximate surface area is 144 Å². The second-order valence-corrected chi connectivity index (χ2v) is 6.05. The van der Waals surface area contributed by atoms with Gasteiger partial charge in [0.1, 0.15) is 16.6 Å². The van der Waals surface area contributed by atoms with Gasteiger partial charge < -0.3 is 14.9 Å². The average Bonchev–Trinajstić information content (AvgIpc) is 2.57. The maximum absolute atomic E-state index is 12.5. The summed E-state index contributed by atoms with van der Waals surface area (Å²) in [7, 11) is 0. The quantitative estimate of drug-likeness (QED) is 0.844. The molecule has 1 saturated heterocycles. The molecule has 2 heterocycles. The molecule has 1 aromatic carbocycles. The molecule has 1 aliphatic rings. The summed E-state index contributed by atoms with van der Waals surface area (Å²) >= 11 is 11.9. The Morgan fingerprint density at radius 3 is 2.30 bits per heavy atom. The lowest BCUT2D eigenvalue weighted by molar-refractivity contribution is 0.0741. The lowest BCUT2D eigenvalue weighted by atomic mass is 10.2. The van der Waals surface area contributed by atoms with Crippen LogP contribution in [0.25, 0.3) is 0 Å². The van der Waals surface area contributed by atoms with Crippen LogP contribution in [-0.4, -0.2) is 47.1 Å². The number of benzene rings is 1. The average molecular weight is 352 g/mol. The fourth-order valence-electron chi connectivity index (χ4n) is 2.55. The number of pyridine rings is 1. The monoisotopic (exact) mass is 351 g/mol. The van der Waals surface area contributed by atoms with Gasteiger partial charge in [0.2, 0.25) is 0 Å². The van der Waals surface area contributed by atoms with Crippen molar-refractivity contribution in [1.82, 2.24) is 9.88 Å². The molecule has 120 valence electrons. The predicted molar refractivity (Wildman–Crippen MR) is 90.5 cm³/mol. The summed E-state index contributed by atoms with van der Waals surface area (Å²) in [4.78, 5) is 20.5. The Kier molecular flexibility index (Phi) is 4.59. The number of amides is 1. The molecule has 0 unspecified atom stereocenters. The van der Waals surface area contributed by atoms with E-state index in [0.717, 1.165) is 5.69 Å². The van der Waals surface area contributed by atoms with Crippen molar-refractivity contribution in [2.45, 2.75) is 0 Å². The molecule has 0 atom stereocenters. The van der Waals surface area contributed by atoms with Gasteiger partial charge in [0.15, 0.2) is 0 Å². The summed E-state index contributed by atoms with van der Waals surface area (Å²) in [6.45, 7) is 2.55. The third-order valence-corrected chi connectivity index (χ3v) is 4.31. The van der Waals surface area contributed by atoms with Crippen molar-refractivity contribution in [3.05, 3.63) is 52.3 Å². The van der Waals surface area contributed by atoms with Crippen molar-refractivity contribution in [2.75, 3.05) is 31.1 Å². The van der Waals surface area contributed by atoms with E-state index in [0.29, 0.717) is 31.2 Å². The van der Waals surface area contributed by atoms with Crippen molar-refractivity contribution < 1.29 is 9.90 Å². The number of hydrogen-bond donors (Lipinski definition) is 1. The first-order valence-electron chi connectivity index (χ1n) is 7.20. The highest BCUT2D eigenvalue weighted by Crippen LogP contribution is 2.22. The molecule has 0 aliphatic carbocycles. The molecular formula is C16H15Cl2N3O2. The Morgan fingerprint density at radius 2 is 1.65 bits per heavy atom. The van der Waals surface area contributed by atoms with E-state index in [4.69, 9.17) is 23.2 Å². The number of aromatic hydroxyl groups is 1. The maximum Gasteiger partial charge on any atom is 0.274 e. The van der Waals surface area contributed by atoms with Crippen LogP contribution in [0.3, 0.4) is 0 Å². The van der Waals surface area contributed by atoms with Crippen LogP contribution < -0.4 is 4.90 Å². The number of halogens is 2. The summed E-state index contributed by atoms with van der Waals surface area (Å²) in [5.41, 5.74) is 1.21. The number of phenolic OH excluding ortho intramolecular Hbond substituents is 1. The van der Waals surface area contributed by atoms with E-state index in [2.05, 4.69) is 9.88 Å². The zero-order chi connectivity index (χ0) is 16.4. The summed E-state index contributed by atoms with van der Waals surface area (Å²) in [6, 6.07) is 10.2. The second-order valence-electron chi connectivity index (χ2n) is 5.26. The number of anilines is 1. The number of hydrogen-bond acceptors (Lipinski definition) is 4. The van der Waals surface area contributed by atoms with Gasteiger partial charge in [0, 0.05) is 31.9 Å². The topological polar surface area (TPSA) is 56.7 Å². The molecular weight excluding hydrogens is 337 g/mol. The highest BCUT2D eigenvalue weighted by molar-refractivity contribution is 6.34. The molecule has 5 nitrogen and oxygen atoms in total. The van der Waals surface area contributed by atoms with E-state index in [1.807, 2.05) is 12.1 Å². The number of rotatable bonds is 2. The molecule has 2 aromatic rings. The minimum absolute atomic E-state index is 0.192. The third-order valence-electron chi connectivity index (χ3n) is 3.80. The van der Waals surface area contributed by atoms with Gasteiger partial charge >= 0.3 is 0 Å². The zero-order valence-corrected chi connectivity index (χ0v) is 13.8. The molecule has 0 bridgehead atoms. The number of carbonyl (C=O) groups is 1. The Bertz CT molecular complexity index is 714. The Balaban J connectivity index is 1.67. The first-order chi connectivity index (χ1) is 11.0. The molecule has 1 fully saturated rings. The fourth-order valence-corrected chi connectivity index (χ4v) is 2.88. The van der Waals surface area contributed by atoms with E-state index in [-0.39, 0.29) is 22.5 Å². The van der Waals surface area contributed by atoms with E-state index >= 15 is 0 Å². The van der Waals surface area contributed by atoms with Crippen molar-refractivity contribution in [1.29, 1.82) is 0 Å². The van der Waals surface area contributed by atoms with E-state index in [1.165, 1.54) is 0 Å². The van der Waals surface area contributed by atoms with E-state index in [1.54, 1.807) is 29.2 Å². The highest BCUT2D eigenvalue weighted by atomic mass is 35.5. The van der Waals surface area contributed by atoms with Gasteiger partial charge in [0.25, 0.3) is 5.91 Å². The molecule has 1 aliphatic heterocycles. The minimum Gasteiger partial charge on any atom is -0.508 e. The summed E-state index contributed by atoms with van der Waals surface area (Å²) < 4.78 is 0. The Hall–Kier alpha value is -1.98. The number of aromatic nitrogens is 1. The molecule has 1 aromatic heterocycles. The zero-order valence-electron chi connectivity index (χ0n) is 12.2. The maximum atomic E-state index is 12.5. The summed E-state index contributed by atoms with van der Waals surface area (Å²) in [5.74, 6) is 0.0343. The van der Waals surface area contributed by atoms with Gasteiger partial charge in [-0.2, -0.15) is 0 Å². The summed E-state index contributed by atoms with van der Waals surface area (Å²) in [6.07, 6.45) is 0. The van der Waals surface area contributed by atoms with Crippen molar-refractivity contribution in [2.24, 2.45) is 0 Å². The van der Waals surface area contributed by atoms with Crippen LogP contribution in [0, 0.1) is 0 Å². The first-order valence-corrected chi connectivity index (χ1v) is 7.95. The molecule has 1 amide bonds. The molecule has 0 spiro atoms. The number of nitrogens with zero attached hydrogens (tertiary/aromatic N) is 3. The minimum atomic E-state index is -0.206. The molecule has 1 N–H and O–H groups in total. The first kappa shape index (κ1) is 15.9. The number of piperazine rings is 1. The number of phenols is 1. The largest absolute Gasteiger partial charge is 0.508 e. The van der Waals surface area contributed by atoms with Crippen LogP contribution in [0.15, 0.2) is 36.4 Å². The van der Waals surface area contributed by atoms with Crippen LogP contribution in [0.4, 0.5) is 5.69 Å². The molecule has 0 saturated carbocycles. The van der Waals surface area contributed by atoms with Gasteiger partial charge in [-0.1, -0.05) is 23.2 Å². The highest BCUT2D eigenvalue weighted by Gasteiger charge is 2.25. The van der Waals surface area contributed by atoms with Crippen LogP contribution in [0.5, 0.6) is 5.75 Å². The van der Waals surface area contributed by atoms with E-state index < -0.39 is 0 Å². The lowest BCUT2D eigenvalue weighted by Gasteiger charge is -2.36. The van der Waals surface area contributed by atoms with Crippen LogP contribution >= 0.6 is 23.2 Å². The van der Waals surface area contributed by atoms with Crippen LogP contribution in [0.2, 0.25) is 10.2 Å². The molecule has 7 heteroatoms. The van der Waals surface area contributed by atoms with Gasteiger partial charge in [-0.15, -0.1) is 0 Å². The lowest BCUT2D eigenvalue weighted by Crippen LogP contribution is -2.49. The summed E-state index contributed by atoms with van der Waals surface area (Å²) in [5, 5.41) is 9.90. The fraction of sp³-hybridized carbons (Fsp3) is 0.250. The van der Waals surface area contributed by atoms with Gasteiger partial charge in [-0.3, -0.25) is 4.79 Å². The molecule has 3 rings (SSSR count). The molecule has 0 radical (unpaired) electrons. The normalized spacial score (nSPS) is 14.9. The van der Waals surface area contributed by atoms with Gasteiger partial charge in [0.05, 0.1) is 5.02 Å². The second kappa shape index (κ2) is 6.64. The van der Waals surface area contributed by atoms with Crippen molar-refractivity contribution in [3.63, 3.8) is 0 Å². The van der Waals surface area contributed by atoms with E-state index in [9.17, 15) is 9.90 Å². The SMILES string of the molecule is O=C(c1nc(Cl)ccc1Cl)N1CCN(c2ccc(O)cc2)CC1. The predicted octanol–water partition coefficient (Wildman–Crippen LogP) is 3.06. The standard InChI is InChI=1S/C16H15Cl2N3O2/c17-13-5-6-14(18)19-15(13)16(23)21-9-7-20(8-10-21)11-1-3-12(22)4-2-11/h1-6,22H,7-10H2. The molecule has 23 heavy (non-hydrogen) atoms. The Morgan fingerprint density at radius 1 is 1.00 bits per heavy atom. The van der Waals surface area contributed by atoms with Crippen molar-refractivity contribution in [3.8, 4) is 5.75 Å². The van der Waals surface area contributed by atoms with Gasteiger partial charge in [-0.05, 0) is 36.4 Å². The van der Waals surface area contributed by atoms with Crippen LogP contribution in [0.1, 0.15) is 10.5 Å².